The Morgan fingerprint density at radius 3 is 2.38 bits per heavy atom. The van der Waals surface area contributed by atoms with E-state index in [1.807, 2.05) is 20.8 Å². The van der Waals surface area contributed by atoms with Gasteiger partial charge in [0, 0.05) is 6.04 Å². The largest absolute Gasteiger partial charge is 0.443 e. The molecule has 16 heavy (non-hydrogen) atoms. The van der Waals surface area contributed by atoms with Crippen LogP contribution in [0.2, 0.25) is 0 Å². The van der Waals surface area contributed by atoms with Gasteiger partial charge in [-0.25, -0.2) is 10.2 Å². The Balaban J connectivity index is 1.60. The molecule has 1 spiro atoms. The van der Waals surface area contributed by atoms with Crippen LogP contribution in [-0.4, -0.2) is 17.7 Å². The van der Waals surface area contributed by atoms with Gasteiger partial charge in [0.05, 0.1) is 0 Å². The van der Waals surface area contributed by atoms with E-state index < -0.39 is 5.60 Å². The standard InChI is InChI=1S/C12H22N2O2/c1-11(2,3)16-10(15)14-13-9-7-12(8-9)5-4-6-12/h9,13H,4-8H2,1-3H3,(H,14,15). The van der Waals surface area contributed by atoms with Crippen molar-refractivity contribution in [1.29, 1.82) is 0 Å². The zero-order valence-corrected chi connectivity index (χ0v) is 10.4. The Labute approximate surface area is 97.1 Å². The van der Waals surface area contributed by atoms with E-state index in [1.165, 1.54) is 32.1 Å². The van der Waals surface area contributed by atoms with Gasteiger partial charge >= 0.3 is 6.09 Å². The van der Waals surface area contributed by atoms with Crippen molar-refractivity contribution in [2.45, 2.75) is 64.5 Å². The number of carbonyl (C=O) groups is 1. The number of hydrogen-bond acceptors (Lipinski definition) is 3. The molecule has 0 aliphatic heterocycles. The van der Waals surface area contributed by atoms with Gasteiger partial charge in [-0.1, -0.05) is 6.42 Å². The molecule has 0 atom stereocenters. The molecule has 2 aliphatic rings. The maximum absolute atomic E-state index is 11.4. The normalized spacial score (nSPS) is 23.4. The number of hydrazine groups is 1. The molecule has 0 bridgehead atoms. The number of carbonyl (C=O) groups excluding carboxylic acids is 1. The van der Waals surface area contributed by atoms with Crippen molar-refractivity contribution in [2.24, 2.45) is 5.41 Å². The number of nitrogens with one attached hydrogen (secondary N) is 2. The molecule has 0 saturated heterocycles. The summed E-state index contributed by atoms with van der Waals surface area (Å²) in [5.74, 6) is 0. The van der Waals surface area contributed by atoms with Gasteiger partial charge in [-0.05, 0) is 51.9 Å². The minimum absolute atomic E-state index is 0.387. The molecule has 0 aromatic carbocycles. The lowest BCUT2D eigenvalue weighted by molar-refractivity contribution is -0.0108. The van der Waals surface area contributed by atoms with Gasteiger partial charge in [-0.15, -0.1) is 0 Å². The van der Waals surface area contributed by atoms with Crippen molar-refractivity contribution in [3.05, 3.63) is 0 Å². The van der Waals surface area contributed by atoms with Gasteiger partial charge in [0.25, 0.3) is 0 Å². The quantitative estimate of drug-likeness (QED) is 0.711. The van der Waals surface area contributed by atoms with Crippen LogP contribution < -0.4 is 10.9 Å². The third-order valence-electron chi connectivity index (χ3n) is 3.55. The topological polar surface area (TPSA) is 50.4 Å². The second-order valence-electron chi connectivity index (χ2n) is 6.23. The molecule has 4 heteroatoms. The third kappa shape index (κ3) is 2.67. The van der Waals surface area contributed by atoms with Crippen molar-refractivity contribution in [3.8, 4) is 0 Å². The van der Waals surface area contributed by atoms with Gasteiger partial charge in [-0.2, -0.15) is 0 Å². The molecule has 1 amide bonds. The highest BCUT2D eigenvalue weighted by atomic mass is 16.6. The van der Waals surface area contributed by atoms with E-state index in [2.05, 4.69) is 10.9 Å². The van der Waals surface area contributed by atoms with Crippen molar-refractivity contribution in [1.82, 2.24) is 10.9 Å². The summed E-state index contributed by atoms with van der Waals surface area (Å²) in [7, 11) is 0. The molecule has 2 aliphatic carbocycles. The maximum Gasteiger partial charge on any atom is 0.422 e. The van der Waals surface area contributed by atoms with E-state index in [1.54, 1.807) is 0 Å². The minimum atomic E-state index is -0.430. The fourth-order valence-corrected chi connectivity index (χ4v) is 2.64. The summed E-state index contributed by atoms with van der Waals surface area (Å²) in [6, 6.07) is 0.438. The summed E-state index contributed by atoms with van der Waals surface area (Å²) in [5.41, 5.74) is 5.86. The molecule has 0 aromatic rings. The van der Waals surface area contributed by atoms with Crippen LogP contribution in [0.15, 0.2) is 0 Å². The van der Waals surface area contributed by atoms with Crippen LogP contribution in [0.4, 0.5) is 4.79 Å². The Bertz CT molecular complexity index is 271. The summed E-state index contributed by atoms with van der Waals surface area (Å²) in [6.07, 6.45) is 6.13. The molecule has 92 valence electrons. The molecule has 0 unspecified atom stereocenters. The minimum Gasteiger partial charge on any atom is -0.443 e. The molecular formula is C12H22N2O2. The smallest absolute Gasteiger partial charge is 0.422 e. The highest BCUT2D eigenvalue weighted by Crippen LogP contribution is 2.55. The van der Waals surface area contributed by atoms with Crippen LogP contribution in [0.5, 0.6) is 0 Å². The molecular weight excluding hydrogens is 204 g/mol. The molecule has 2 rings (SSSR count). The van der Waals surface area contributed by atoms with Crippen LogP contribution in [0.3, 0.4) is 0 Å². The zero-order chi connectivity index (χ0) is 11.8. The first-order valence-electron chi connectivity index (χ1n) is 6.13. The first kappa shape index (κ1) is 11.7. The van der Waals surface area contributed by atoms with E-state index >= 15 is 0 Å². The van der Waals surface area contributed by atoms with Crippen molar-refractivity contribution in [2.75, 3.05) is 0 Å². The number of amides is 1. The van der Waals surface area contributed by atoms with E-state index in [0.717, 1.165) is 0 Å². The summed E-state index contributed by atoms with van der Waals surface area (Å²) >= 11 is 0. The highest BCUT2D eigenvalue weighted by molar-refractivity contribution is 5.67. The fraction of sp³-hybridized carbons (Fsp3) is 0.917. The predicted octanol–water partition coefficient (Wildman–Crippen LogP) is 2.35. The van der Waals surface area contributed by atoms with Gasteiger partial charge < -0.3 is 4.74 Å². The van der Waals surface area contributed by atoms with Crippen LogP contribution in [0, 0.1) is 5.41 Å². The highest BCUT2D eigenvalue weighted by Gasteiger charge is 2.48. The predicted molar refractivity (Wildman–Crippen MR) is 61.8 cm³/mol. The van der Waals surface area contributed by atoms with E-state index in [9.17, 15) is 4.79 Å². The molecule has 2 saturated carbocycles. The first-order valence-corrected chi connectivity index (χ1v) is 6.13. The number of rotatable bonds is 2. The van der Waals surface area contributed by atoms with Gasteiger partial charge in [0.1, 0.15) is 5.60 Å². The van der Waals surface area contributed by atoms with E-state index in [0.29, 0.717) is 11.5 Å². The summed E-state index contributed by atoms with van der Waals surface area (Å²) in [6.45, 7) is 5.58. The lowest BCUT2D eigenvalue weighted by Crippen LogP contribution is -2.57. The fourth-order valence-electron chi connectivity index (χ4n) is 2.64. The van der Waals surface area contributed by atoms with Crippen LogP contribution in [-0.2, 0) is 4.74 Å². The summed E-state index contributed by atoms with van der Waals surface area (Å²) in [5, 5.41) is 0. The lowest BCUT2D eigenvalue weighted by Gasteiger charge is -2.54. The van der Waals surface area contributed by atoms with E-state index in [4.69, 9.17) is 4.74 Å². The van der Waals surface area contributed by atoms with Gasteiger partial charge in [0.2, 0.25) is 0 Å². The Kier molecular flexibility index (Phi) is 2.86. The average Bonchev–Trinajstić information content (AvgIpc) is 1.94. The second-order valence-corrected chi connectivity index (χ2v) is 6.23. The molecule has 2 fully saturated rings. The average molecular weight is 226 g/mol. The summed E-state index contributed by atoms with van der Waals surface area (Å²) < 4.78 is 5.14. The van der Waals surface area contributed by atoms with Crippen LogP contribution >= 0.6 is 0 Å². The maximum atomic E-state index is 11.4. The molecule has 4 nitrogen and oxygen atoms in total. The Hall–Kier alpha value is -0.770. The molecule has 2 N–H and O–H groups in total. The Morgan fingerprint density at radius 1 is 1.31 bits per heavy atom. The monoisotopic (exact) mass is 226 g/mol. The number of hydrogen-bond donors (Lipinski definition) is 2. The SMILES string of the molecule is CC(C)(C)OC(=O)NNC1CC2(CCC2)C1. The van der Waals surface area contributed by atoms with Gasteiger partial charge in [0.15, 0.2) is 0 Å². The second kappa shape index (κ2) is 3.91. The molecule has 0 radical (unpaired) electrons. The van der Waals surface area contributed by atoms with Crippen LogP contribution in [0.25, 0.3) is 0 Å². The van der Waals surface area contributed by atoms with Crippen molar-refractivity contribution >= 4 is 6.09 Å². The van der Waals surface area contributed by atoms with Gasteiger partial charge in [-0.3, -0.25) is 5.43 Å². The van der Waals surface area contributed by atoms with E-state index in [-0.39, 0.29) is 6.09 Å². The Morgan fingerprint density at radius 2 is 1.94 bits per heavy atom. The van der Waals surface area contributed by atoms with Crippen LogP contribution in [0.1, 0.15) is 52.9 Å². The molecule has 0 aromatic heterocycles. The van der Waals surface area contributed by atoms with Crippen molar-refractivity contribution < 1.29 is 9.53 Å². The lowest BCUT2D eigenvalue weighted by atomic mass is 9.54. The summed E-state index contributed by atoms with van der Waals surface area (Å²) in [4.78, 5) is 11.4. The third-order valence-corrected chi connectivity index (χ3v) is 3.55. The number of ether oxygens (including phenoxy) is 1. The zero-order valence-electron chi connectivity index (χ0n) is 10.4. The molecule has 0 heterocycles. The first-order chi connectivity index (χ1) is 7.39. The van der Waals surface area contributed by atoms with Crippen molar-refractivity contribution in [3.63, 3.8) is 0 Å².